The standard InChI is InChI=1S/C29H33ClFN3O4S/c1-3-32-29(36)27(20-22-10-5-4-6-11-22)33(21-23-15-17-24(30)18-16-23)28(35)14-9-19-34(39(2,37)38)26-13-8-7-12-25(26)31/h4-8,10-13,15-18,27H,3,9,14,19-21H2,1-2H3,(H,32,36)/t27-/m1/s1. The van der Waals surface area contributed by atoms with Gasteiger partial charge in [-0.15, -0.1) is 0 Å². The molecule has 3 rings (SSSR count). The van der Waals surface area contributed by atoms with E-state index in [0.29, 0.717) is 18.0 Å². The number of benzene rings is 3. The lowest BCUT2D eigenvalue weighted by atomic mass is 10.0. The van der Waals surface area contributed by atoms with Crippen molar-refractivity contribution in [3.63, 3.8) is 0 Å². The molecule has 3 aromatic carbocycles. The number of nitrogens with one attached hydrogen (secondary N) is 1. The number of carbonyl (C=O) groups is 2. The number of anilines is 1. The van der Waals surface area contributed by atoms with Gasteiger partial charge < -0.3 is 10.2 Å². The Morgan fingerprint density at radius 2 is 1.59 bits per heavy atom. The highest BCUT2D eigenvalue weighted by Gasteiger charge is 2.30. The molecule has 7 nitrogen and oxygen atoms in total. The monoisotopic (exact) mass is 573 g/mol. The van der Waals surface area contributed by atoms with E-state index in [1.165, 1.54) is 23.1 Å². The van der Waals surface area contributed by atoms with Crippen LogP contribution in [-0.4, -0.2) is 50.5 Å². The third kappa shape index (κ3) is 8.80. The number of rotatable bonds is 13. The van der Waals surface area contributed by atoms with Crippen molar-refractivity contribution in [2.75, 3.05) is 23.7 Å². The predicted molar refractivity (Wildman–Crippen MR) is 152 cm³/mol. The van der Waals surface area contributed by atoms with E-state index < -0.39 is 21.9 Å². The first-order valence-electron chi connectivity index (χ1n) is 12.7. The maximum atomic E-state index is 14.4. The molecule has 39 heavy (non-hydrogen) atoms. The van der Waals surface area contributed by atoms with Crippen molar-refractivity contribution in [2.24, 2.45) is 0 Å². The van der Waals surface area contributed by atoms with Crippen LogP contribution >= 0.6 is 11.6 Å². The van der Waals surface area contributed by atoms with E-state index in [1.54, 1.807) is 30.3 Å². The molecule has 0 bridgehead atoms. The van der Waals surface area contributed by atoms with E-state index in [2.05, 4.69) is 5.32 Å². The highest BCUT2D eigenvalue weighted by Crippen LogP contribution is 2.23. The fourth-order valence-electron chi connectivity index (χ4n) is 4.27. The van der Waals surface area contributed by atoms with Crippen molar-refractivity contribution >= 4 is 39.1 Å². The number of carbonyl (C=O) groups excluding carboxylic acids is 2. The van der Waals surface area contributed by atoms with Crippen molar-refractivity contribution in [1.82, 2.24) is 10.2 Å². The van der Waals surface area contributed by atoms with E-state index in [1.807, 2.05) is 37.3 Å². The number of hydrogen-bond donors (Lipinski definition) is 1. The SMILES string of the molecule is CCNC(=O)[C@@H](Cc1ccccc1)N(Cc1ccc(Cl)cc1)C(=O)CCCN(c1ccccc1F)S(C)(=O)=O. The predicted octanol–water partition coefficient (Wildman–Crippen LogP) is 4.80. The first-order chi connectivity index (χ1) is 18.6. The summed E-state index contributed by atoms with van der Waals surface area (Å²) in [5.74, 6) is -1.27. The van der Waals surface area contributed by atoms with Gasteiger partial charge in [0, 0.05) is 37.5 Å². The number of amides is 2. The van der Waals surface area contributed by atoms with Crippen molar-refractivity contribution < 1.29 is 22.4 Å². The second-order valence-electron chi connectivity index (χ2n) is 9.14. The number of sulfonamides is 1. The first kappa shape index (κ1) is 30.1. The summed E-state index contributed by atoms with van der Waals surface area (Å²) < 4.78 is 40.2. The van der Waals surface area contributed by atoms with Crippen LogP contribution in [0.2, 0.25) is 5.02 Å². The number of likely N-dealkylation sites (N-methyl/N-ethyl adjacent to an activating group) is 1. The minimum absolute atomic E-state index is 0.0429. The van der Waals surface area contributed by atoms with Crippen molar-refractivity contribution in [1.29, 1.82) is 0 Å². The summed E-state index contributed by atoms with van der Waals surface area (Å²) in [6.45, 7) is 2.28. The van der Waals surface area contributed by atoms with E-state index in [4.69, 9.17) is 11.6 Å². The molecule has 208 valence electrons. The molecular formula is C29H33ClFN3O4S. The Balaban J connectivity index is 1.86. The molecule has 0 unspecified atom stereocenters. The molecule has 10 heteroatoms. The normalized spacial score (nSPS) is 12.0. The van der Waals surface area contributed by atoms with E-state index in [0.717, 1.165) is 21.7 Å². The van der Waals surface area contributed by atoms with Gasteiger partial charge in [-0.25, -0.2) is 12.8 Å². The van der Waals surface area contributed by atoms with Gasteiger partial charge in [0.25, 0.3) is 0 Å². The van der Waals surface area contributed by atoms with Crippen LogP contribution in [0.25, 0.3) is 0 Å². The van der Waals surface area contributed by atoms with Gasteiger partial charge in [0.2, 0.25) is 21.8 Å². The van der Waals surface area contributed by atoms with E-state index in [9.17, 15) is 22.4 Å². The summed E-state index contributed by atoms with van der Waals surface area (Å²) in [6, 6.07) is 21.3. The maximum absolute atomic E-state index is 14.4. The Morgan fingerprint density at radius 3 is 2.21 bits per heavy atom. The Morgan fingerprint density at radius 1 is 0.949 bits per heavy atom. The van der Waals surface area contributed by atoms with Gasteiger partial charge in [-0.05, 0) is 48.7 Å². The molecule has 0 heterocycles. The number of halogens is 2. The minimum Gasteiger partial charge on any atom is -0.355 e. The summed E-state index contributed by atoms with van der Waals surface area (Å²) in [4.78, 5) is 28.4. The van der Waals surface area contributed by atoms with Crippen LogP contribution in [0.4, 0.5) is 10.1 Å². The molecule has 0 radical (unpaired) electrons. The summed E-state index contributed by atoms with van der Waals surface area (Å²) in [6.07, 6.45) is 1.39. The molecular weight excluding hydrogens is 541 g/mol. The average Bonchev–Trinajstić information content (AvgIpc) is 2.90. The van der Waals surface area contributed by atoms with Crippen LogP contribution in [0.1, 0.15) is 30.9 Å². The molecule has 2 amide bonds. The molecule has 0 aliphatic rings. The maximum Gasteiger partial charge on any atom is 0.243 e. The van der Waals surface area contributed by atoms with Gasteiger partial charge >= 0.3 is 0 Å². The lowest BCUT2D eigenvalue weighted by Crippen LogP contribution is -2.50. The van der Waals surface area contributed by atoms with Crippen LogP contribution < -0.4 is 9.62 Å². The number of hydrogen-bond acceptors (Lipinski definition) is 4. The van der Waals surface area contributed by atoms with Gasteiger partial charge in [-0.1, -0.05) is 66.2 Å². The lowest BCUT2D eigenvalue weighted by Gasteiger charge is -2.32. The Labute approximate surface area is 234 Å². The smallest absolute Gasteiger partial charge is 0.243 e. The highest BCUT2D eigenvalue weighted by molar-refractivity contribution is 7.92. The fraction of sp³-hybridized carbons (Fsp3) is 0.310. The molecule has 0 saturated heterocycles. The zero-order chi connectivity index (χ0) is 28.4. The summed E-state index contributed by atoms with van der Waals surface area (Å²) in [5.41, 5.74) is 1.61. The Bertz CT molecular complexity index is 1350. The second-order valence-corrected chi connectivity index (χ2v) is 11.5. The topological polar surface area (TPSA) is 86.8 Å². The number of para-hydroxylation sites is 1. The van der Waals surface area contributed by atoms with Crippen LogP contribution in [0.3, 0.4) is 0 Å². The third-order valence-electron chi connectivity index (χ3n) is 6.16. The van der Waals surface area contributed by atoms with Crippen molar-refractivity contribution in [3.8, 4) is 0 Å². The molecule has 1 atom stereocenters. The highest BCUT2D eigenvalue weighted by atomic mass is 35.5. The largest absolute Gasteiger partial charge is 0.355 e. The molecule has 3 aromatic rings. The second kappa shape index (κ2) is 14.1. The van der Waals surface area contributed by atoms with Crippen LogP contribution in [0.5, 0.6) is 0 Å². The summed E-state index contributed by atoms with van der Waals surface area (Å²) in [5, 5.41) is 3.39. The lowest BCUT2D eigenvalue weighted by molar-refractivity contribution is -0.141. The number of nitrogens with zero attached hydrogens (tertiary/aromatic N) is 2. The molecule has 0 saturated carbocycles. The van der Waals surface area contributed by atoms with E-state index in [-0.39, 0.29) is 43.4 Å². The van der Waals surface area contributed by atoms with Crippen LogP contribution in [-0.2, 0) is 32.6 Å². The zero-order valence-electron chi connectivity index (χ0n) is 22.0. The molecule has 0 spiro atoms. The minimum atomic E-state index is -3.80. The van der Waals surface area contributed by atoms with Gasteiger partial charge in [-0.2, -0.15) is 0 Å². The van der Waals surface area contributed by atoms with Gasteiger partial charge in [0.05, 0.1) is 11.9 Å². The van der Waals surface area contributed by atoms with Crippen LogP contribution in [0, 0.1) is 5.82 Å². The zero-order valence-corrected chi connectivity index (χ0v) is 23.6. The van der Waals surface area contributed by atoms with E-state index >= 15 is 0 Å². The Hall–Kier alpha value is -3.43. The molecule has 1 N–H and O–H groups in total. The third-order valence-corrected chi connectivity index (χ3v) is 7.59. The van der Waals surface area contributed by atoms with Crippen molar-refractivity contribution in [2.45, 2.75) is 38.8 Å². The molecule has 0 aromatic heterocycles. The quantitative estimate of drug-likeness (QED) is 0.318. The Kier molecular flexibility index (Phi) is 10.9. The average molecular weight is 574 g/mol. The summed E-state index contributed by atoms with van der Waals surface area (Å²) in [7, 11) is -3.80. The summed E-state index contributed by atoms with van der Waals surface area (Å²) >= 11 is 6.04. The van der Waals surface area contributed by atoms with Gasteiger partial charge in [0.15, 0.2) is 0 Å². The molecule has 0 aliphatic carbocycles. The molecule has 0 aliphatic heterocycles. The fourth-order valence-corrected chi connectivity index (χ4v) is 5.36. The first-order valence-corrected chi connectivity index (χ1v) is 14.9. The molecule has 0 fully saturated rings. The van der Waals surface area contributed by atoms with Crippen molar-refractivity contribution in [3.05, 3.63) is 101 Å². The van der Waals surface area contributed by atoms with Gasteiger partial charge in [-0.3, -0.25) is 13.9 Å². The van der Waals surface area contributed by atoms with Gasteiger partial charge in [0.1, 0.15) is 11.9 Å². The van der Waals surface area contributed by atoms with Crippen LogP contribution in [0.15, 0.2) is 78.9 Å².